The second-order valence-corrected chi connectivity index (χ2v) is 4.08. The Hall–Kier alpha value is -2.15. The standard InChI is InChI=1S/C12H14N2O5/c1-18-11-7(3-2-6-13-11)14-10(15)8-4-5-9(19-8)12(16)17/h2-3,6,8-9H,4-5H2,1H3,(H,14,15)(H,16,17)/t8-,9+/m0/s1. The van der Waals surface area contributed by atoms with E-state index in [-0.39, 0.29) is 0 Å². The first-order chi connectivity index (χ1) is 9.11. The summed E-state index contributed by atoms with van der Waals surface area (Å²) in [6.45, 7) is 0. The summed E-state index contributed by atoms with van der Waals surface area (Å²) >= 11 is 0. The topological polar surface area (TPSA) is 97.8 Å². The molecule has 1 aromatic heterocycles. The minimum absolute atomic E-state index is 0.295. The molecule has 0 aliphatic carbocycles. The number of carboxylic acid groups (broad SMARTS) is 1. The number of hydrogen-bond acceptors (Lipinski definition) is 5. The van der Waals surface area contributed by atoms with Crippen LogP contribution in [-0.2, 0) is 14.3 Å². The van der Waals surface area contributed by atoms with Gasteiger partial charge in [0.05, 0.1) is 7.11 Å². The number of hydrogen-bond donors (Lipinski definition) is 2. The Kier molecular flexibility index (Phi) is 3.96. The van der Waals surface area contributed by atoms with E-state index < -0.39 is 24.1 Å². The van der Waals surface area contributed by atoms with E-state index in [0.717, 1.165) is 0 Å². The molecule has 2 heterocycles. The first-order valence-electron chi connectivity index (χ1n) is 5.80. The van der Waals surface area contributed by atoms with Gasteiger partial charge in [0.2, 0.25) is 5.88 Å². The van der Waals surface area contributed by atoms with Gasteiger partial charge in [-0.3, -0.25) is 4.79 Å². The number of anilines is 1. The minimum atomic E-state index is -1.05. The molecule has 2 N–H and O–H groups in total. The smallest absolute Gasteiger partial charge is 0.332 e. The molecule has 1 aromatic rings. The van der Waals surface area contributed by atoms with Crippen LogP contribution in [0.2, 0.25) is 0 Å². The van der Waals surface area contributed by atoms with Gasteiger partial charge in [-0.25, -0.2) is 9.78 Å². The Balaban J connectivity index is 2.00. The summed E-state index contributed by atoms with van der Waals surface area (Å²) in [6.07, 6.45) is 0.585. The number of carboxylic acids is 1. The minimum Gasteiger partial charge on any atom is -0.480 e. The molecule has 2 rings (SSSR count). The molecule has 0 aromatic carbocycles. The van der Waals surface area contributed by atoms with E-state index in [2.05, 4.69) is 10.3 Å². The van der Waals surface area contributed by atoms with Crippen LogP contribution in [0.1, 0.15) is 12.8 Å². The van der Waals surface area contributed by atoms with Gasteiger partial charge in [0.15, 0.2) is 6.10 Å². The highest BCUT2D eigenvalue weighted by Gasteiger charge is 2.34. The monoisotopic (exact) mass is 266 g/mol. The van der Waals surface area contributed by atoms with Gasteiger partial charge in [-0.15, -0.1) is 0 Å². The molecule has 0 spiro atoms. The van der Waals surface area contributed by atoms with Gasteiger partial charge in [-0.05, 0) is 25.0 Å². The highest BCUT2D eigenvalue weighted by molar-refractivity contribution is 5.95. The highest BCUT2D eigenvalue weighted by Crippen LogP contribution is 2.24. The fraction of sp³-hybridized carbons (Fsp3) is 0.417. The summed E-state index contributed by atoms with van der Waals surface area (Å²) < 4.78 is 10.2. The van der Waals surface area contributed by atoms with E-state index in [1.165, 1.54) is 7.11 Å². The number of nitrogens with one attached hydrogen (secondary N) is 1. The van der Waals surface area contributed by atoms with Crippen molar-refractivity contribution in [3.63, 3.8) is 0 Å². The van der Waals surface area contributed by atoms with Crippen LogP contribution in [-0.4, -0.2) is 41.3 Å². The maximum absolute atomic E-state index is 11.9. The largest absolute Gasteiger partial charge is 0.480 e. The average molecular weight is 266 g/mol. The summed E-state index contributed by atoms with van der Waals surface area (Å²) in [5.74, 6) is -1.15. The Bertz CT molecular complexity index is 491. The fourth-order valence-corrected chi connectivity index (χ4v) is 1.87. The summed E-state index contributed by atoms with van der Waals surface area (Å²) in [5, 5.41) is 11.4. The van der Waals surface area contributed by atoms with Gasteiger partial charge in [0.25, 0.3) is 5.91 Å². The number of carbonyl (C=O) groups is 2. The zero-order valence-corrected chi connectivity index (χ0v) is 10.3. The fourth-order valence-electron chi connectivity index (χ4n) is 1.87. The Morgan fingerprint density at radius 2 is 2.21 bits per heavy atom. The van der Waals surface area contributed by atoms with E-state index in [4.69, 9.17) is 14.6 Å². The zero-order chi connectivity index (χ0) is 13.8. The molecule has 1 saturated heterocycles. The van der Waals surface area contributed by atoms with Gasteiger partial charge < -0.3 is 19.9 Å². The van der Waals surface area contributed by atoms with Crippen LogP contribution in [0.5, 0.6) is 5.88 Å². The number of aromatic nitrogens is 1. The van der Waals surface area contributed by atoms with Gasteiger partial charge in [-0.2, -0.15) is 0 Å². The second-order valence-electron chi connectivity index (χ2n) is 4.08. The molecule has 1 fully saturated rings. The summed E-state index contributed by atoms with van der Waals surface area (Å²) in [4.78, 5) is 26.6. The molecule has 102 valence electrons. The summed E-state index contributed by atoms with van der Waals surface area (Å²) in [5.41, 5.74) is 0.428. The van der Waals surface area contributed by atoms with E-state index in [1.807, 2.05) is 0 Å². The summed E-state index contributed by atoms with van der Waals surface area (Å²) in [7, 11) is 1.45. The molecule has 7 nitrogen and oxygen atoms in total. The quantitative estimate of drug-likeness (QED) is 0.830. The molecule has 0 radical (unpaired) electrons. The molecular formula is C12H14N2O5. The predicted molar refractivity (Wildman–Crippen MR) is 64.9 cm³/mol. The van der Waals surface area contributed by atoms with Gasteiger partial charge in [0.1, 0.15) is 11.8 Å². The van der Waals surface area contributed by atoms with Gasteiger partial charge in [0, 0.05) is 6.20 Å². The van der Waals surface area contributed by atoms with Crippen LogP contribution in [0.25, 0.3) is 0 Å². The second kappa shape index (κ2) is 5.66. The van der Waals surface area contributed by atoms with Crippen molar-refractivity contribution in [3.8, 4) is 5.88 Å². The maximum Gasteiger partial charge on any atom is 0.332 e. The number of pyridine rings is 1. The molecule has 1 aliphatic heterocycles. The maximum atomic E-state index is 11.9. The number of nitrogens with zero attached hydrogens (tertiary/aromatic N) is 1. The van der Waals surface area contributed by atoms with Crippen molar-refractivity contribution >= 4 is 17.6 Å². The summed E-state index contributed by atoms with van der Waals surface area (Å²) in [6, 6.07) is 3.31. The van der Waals surface area contributed by atoms with E-state index >= 15 is 0 Å². The van der Waals surface area contributed by atoms with Crippen LogP contribution < -0.4 is 10.1 Å². The number of rotatable bonds is 4. The molecule has 2 atom stereocenters. The Morgan fingerprint density at radius 1 is 1.47 bits per heavy atom. The van der Waals surface area contributed by atoms with Crippen molar-refractivity contribution in [1.29, 1.82) is 0 Å². The lowest BCUT2D eigenvalue weighted by Gasteiger charge is -2.13. The van der Waals surface area contributed by atoms with Gasteiger partial charge >= 0.3 is 5.97 Å². The Labute approximate surface area is 109 Å². The highest BCUT2D eigenvalue weighted by atomic mass is 16.5. The Morgan fingerprint density at radius 3 is 2.84 bits per heavy atom. The first kappa shape index (κ1) is 13.3. The number of carbonyl (C=O) groups excluding carboxylic acids is 1. The molecule has 0 saturated carbocycles. The van der Waals surface area contributed by atoms with Crippen LogP contribution in [0.4, 0.5) is 5.69 Å². The molecule has 0 bridgehead atoms. The van der Waals surface area contributed by atoms with E-state index in [1.54, 1.807) is 18.3 Å². The zero-order valence-electron chi connectivity index (χ0n) is 10.3. The number of aliphatic carboxylic acids is 1. The molecule has 0 unspecified atom stereocenters. The van der Waals surface area contributed by atoms with Crippen LogP contribution in [0.3, 0.4) is 0 Å². The van der Waals surface area contributed by atoms with Crippen molar-refractivity contribution in [3.05, 3.63) is 18.3 Å². The lowest BCUT2D eigenvalue weighted by molar-refractivity contribution is -0.150. The van der Waals surface area contributed by atoms with Crippen LogP contribution in [0.15, 0.2) is 18.3 Å². The first-order valence-corrected chi connectivity index (χ1v) is 5.80. The van der Waals surface area contributed by atoms with Crippen molar-refractivity contribution in [2.24, 2.45) is 0 Å². The molecular weight excluding hydrogens is 252 g/mol. The normalized spacial score (nSPS) is 21.9. The SMILES string of the molecule is COc1ncccc1NC(=O)[C@@H]1CC[C@H](C(=O)O)O1. The number of methoxy groups -OCH3 is 1. The molecule has 1 aliphatic rings. The molecule has 7 heteroatoms. The van der Waals surface area contributed by atoms with E-state index in [9.17, 15) is 9.59 Å². The molecule has 19 heavy (non-hydrogen) atoms. The third-order valence-corrected chi connectivity index (χ3v) is 2.81. The van der Waals surface area contributed by atoms with Crippen LogP contribution >= 0.6 is 0 Å². The third kappa shape index (κ3) is 3.00. The van der Waals surface area contributed by atoms with Crippen molar-refractivity contribution in [2.75, 3.05) is 12.4 Å². The lowest BCUT2D eigenvalue weighted by Crippen LogP contribution is -2.30. The van der Waals surface area contributed by atoms with E-state index in [0.29, 0.717) is 24.4 Å². The average Bonchev–Trinajstić information content (AvgIpc) is 2.89. The van der Waals surface area contributed by atoms with Crippen LogP contribution in [0, 0.1) is 0 Å². The third-order valence-electron chi connectivity index (χ3n) is 2.81. The van der Waals surface area contributed by atoms with Crippen molar-refractivity contribution in [2.45, 2.75) is 25.0 Å². The van der Waals surface area contributed by atoms with Gasteiger partial charge in [-0.1, -0.05) is 0 Å². The lowest BCUT2D eigenvalue weighted by atomic mass is 10.2. The molecule has 1 amide bonds. The predicted octanol–water partition coefficient (Wildman–Crippen LogP) is 0.661. The van der Waals surface area contributed by atoms with Crippen molar-refractivity contribution < 1.29 is 24.2 Å². The van der Waals surface area contributed by atoms with Crippen molar-refractivity contribution in [1.82, 2.24) is 4.98 Å². The number of ether oxygens (including phenoxy) is 2. The number of amides is 1.